The van der Waals surface area contributed by atoms with Crippen molar-refractivity contribution in [3.05, 3.63) is 42.4 Å². The molecule has 13 heteroatoms. The average molecular weight is 548 g/mol. The van der Waals surface area contributed by atoms with Crippen LogP contribution in [0.2, 0.25) is 0 Å². The number of aromatic amines is 1. The predicted molar refractivity (Wildman–Crippen MR) is 141 cm³/mol. The maximum atomic E-state index is 12.0. The summed E-state index contributed by atoms with van der Waals surface area (Å²) in [6, 6.07) is 8.19. The molecule has 0 radical (unpaired) electrons. The van der Waals surface area contributed by atoms with E-state index in [2.05, 4.69) is 20.5 Å². The van der Waals surface area contributed by atoms with Gasteiger partial charge in [0.2, 0.25) is 0 Å². The number of aryl methyl sites for hydroxylation is 1. The second-order valence-electron chi connectivity index (χ2n) is 10.8. The summed E-state index contributed by atoms with van der Waals surface area (Å²) in [5.74, 6) is -1.15. The first-order chi connectivity index (χ1) is 19.3. The van der Waals surface area contributed by atoms with E-state index in [9.17, 15) is 9.90 Å². The minimum absolute atomic E-state index is 0.0605. The van der Waals surface area contributed by atoms with E-state index >= 15 is 0 Å². The van der Waals surface area contributed by atoms with E-state index < -0.39 is 36.3 Å². The van der Waals surface area contributed by atoms with Gasteiger partial charge in [-0.3, -0.25) is 9.67 Å². The first-order valence-electron chi connectivity index (χ1n) is 13.2. The Labute approximate surface area is 228 Å². The summed E-state index contributed by atoms with van der Waals surface area (Å²) in [6.45, 7) is 6.76. The molecule has 208 valence electrons. The standard InChI is InChI=1S/C27H29N7O6/c1-13-4-6-14(7-5-13)16-10-29-33-17(16)22-31-23(30-15-8-9-37-11-15)18-24(32-22)34(12-28-18)25-20-19(21(38-25)26(35)36)39-27(2,3)40-20/h4-7,10,12,15,19-21,25H,8-9,11H2,1-3H3,(H,29,33)(H,35,36)(H,30,31,32)/t15?,19-,20-,21+,25-/m1/s1. The van der Waals surface area contributed by atoms with E-state index in [0.717, 1.165) is 23.1 Å². The number of aromatic nitrogens is 6. The molecule has 6 heterocycles. The molecule has 0 spiro atoms. The summed E-state index contributed by atoms with van der Waals surface area (Å²) >= 11 is 0. The Kier molecular flexibility index (Phi) is 5.85. The van der Waals surface area contributed by atoms with E-state index in [1.807, 2.05) is 31.2 Å². The highest BCUT2D eigenvalue weighted by Crippen LogP contribution is 2.44. The molecule has 0 bridgehead atoms. The van der Waals surface area contributed by atoms with Gasteiger partial charge in [0, 0.05) is 12.2 Å². The highest BCUT2D eigenvalue weighted by Gasteiger charge is 2.58. The third-order valence-corrected chi connectivity index (χ3v) is 7.46. The van der Waals surface area contributed by atoms with Crippen LogP contribution >= 0.6 is 0 Å². The van der Waals surface area contributed by atoms with Crippen LogP contribution in [0.5, 0.6) is 0 Å². The lowest BCUT2D eigenvalue weighted by molar-refractivity contribution is -0.202. The van der Waals surface area contributed by atoms with Gasteiger partial charge in [-0.25, -0.2) is 19.7 Å². The van der Waals surface area contributed by atoms with Gasteiger partial charge in [-0.2, -0.15) is 5.10 Å². The molecule has 5 atom stereocenters. The molecular formula is C27H29N7O6. The number of imidazole rings is 1. The number of benzene rings is 1. The van der Waals surface area contributed by atoms with Crippen LogP contribution < -0.4 is 5.32 Å². The normalized spacial score (nSPS) is 27.3. The van der Waals surface area contributed by atoms with Crippen molar-refractivity contribution in [1.82, 2.24) is 29.7 Å². The van der Waals surface area contributed by atoms with Crippen molar-refractivity contribution in [2.24, 2.45) is 0 Å². The molecule has 3 fully saturated rings. The van der Waals surface area contributed by atoms with Crippen LogP contribution in [0, 0.1) is 6.92 Å². The number of ether oxygens (including phenoxy) is 4. The highest BCUT2D eigenvalue weighted by atomic mass is 16.8. The predicted octanol–water partition coefficient (Wildman–Crippen LogP) is 2.89. The van der Waals surface area contributed by atoms with E-state index in [1.54, 1.807) is 30.9 Å². The molecule has 0 aliphatic carbocycles. The van der Waals surface area contributed by atoms with Crippen LogP contribution in [0.15, 0.2) is 36.8 Å². The molecule has 4 aromatic rings. The molecule has 3 aromatic heterocycles. The van der Waals surface area contributed by atoms with Crippen LogP contribution in [0.25, 0.3) is 33.8 Å². The van der Waals surface area contributed by atoms with Crippen molar-refractivity contribution < 1.29 is 28.8 Å². The number of nitrogens with one attached hydrogen (secondary N) is 2. The zero-order chi connectivity index (χ0) is 27.6. The van der Waals surface area contributed by atoms with Gasteiger partial charge in [0.15, 0.2) is 40.9 Å². The number of nitrogens with zero attached hydrogens (tertiary/aromatic N) is 5. The van der Waals surface area contributed by atoms with Crippen molar-refractivity contribution in [2.75, 3.05) is 18.5 Å². The first kappa shape index (κ1) is 25.1. The number of H-pyrrole nitrogens is 1. The molecule has 0 amide bonds. The van der Waals surface area contributed by atoms with Gasteiger partial charge in [0.1, 0.15) is 17.9 Å². The first-order valence-corrected chi connectivity index (χ1v) is 13.2. The third kappa shape index (κ3) is 4.22. The lowest BCUT2D eigenvalue weighted by Crippen LogP contribution is -2.35. The van der Waals surface area contributed by atoms with Gasteiger partial charge in [-0.15, -0.1) is 0 Å². The second-order valence-corrected chi connectivity index (χ2v) is 10.8. The van der Waals surface area contributed by atoms with Gasteiger partial charge >= 0.3 is 5.97 Å². The summed E-state index contributed by atoms with van der Waals surface area (Å²) in [7, 11) is 0. The molecule has 1 aromatic carbocycles. The topological polar surface area (TPSA) is 159 Å². The van der Waals surface area contributed by atoms with Gasteiger partial charge in [-0.1, -0.05) is 29.8 Å². The third-order valence-electron chi connectivity index (χ3n) is 7.46. The maximum Gasteiger partial charge on any atom is 0.335 e. The smallest absolute Gasteiger partial charge is 0.335 e. The number of fused-ring (bicyclic) bond motifs is 2. The van der Waals surface area contributed by atoms with Gasteiger partial charge in [0.05, 0.1) is 25.2 Å². The number of hydrogen-bond acceptors (Lipinski definition) is 10. The number of aliphatic carboxylic acids is 1. The number of rotatable bonds is 6. The van der Waals surface area contributed by atoms with Crippen LogP contribution in [-0.2, 0) is 23.7 Å². The summed E-state index contributed by atoms with van der Waals surface area (Å²) in [5.41, 5.74) is 4.58. The average Bonchev–Trinajstić information content (AvgIpc) is 3.73. The molecule has 3 aliphatic rings. The van der Waals surface area contributed by atoms with Crippen LogP contribution in [-0.4, -0.2) is 84.1 Å². The Bertz CT molecular complexity index is 1580. The second kappa shape index (κ2) is 9.34. The van der Waals surface area contributed by atoms with E-state index in [1.165, 1.54) is 0 Å². The summed E-state index contributed by atoms with van der Waals surface area (Å²) in [6.07, 6.45) is 0.652. The number of carboxylic acid groups (broad SMARTS) is 1. The van der Waals surface area contributed by atoms with Crippen molar-refractivity contribution in [3.63, 3.8) is 0 Å². The fourth-order valence-corrected chi connectivity index (χ4v) is 5.57. The lowest BCUT2D eigenvalue weighted by Gasteiger charge is -2.23. The van der Waals surface area contributed by atoms with Crippen molar-refractivity contribution >= 4 is 23.0 Å². The molecule has 3 saturated heterocycles. The van der Waals surface area contributed by atoms with Crippen molar-refractivity contribution in [3.8, 4) is 22.6 Å². The fraction of sp³-hybridized carbons (Fsp3) is 0.444. The van der Waals surface area contributed by atoms with Crippen LogP contribution in [0.1, 0.15) is 32.1 Å². The SMILES string of the molecule is Cc1ccc(-c2cn[nH]c2-c2nc(NC3CCOC3)c3ncn([C@@H]4O[C@H](C(=O)O)[C@@H]5OC(C)(C)O[C@H]54)c3n2)cc1. The molecule has 1 unspecified atom stereocenters. The molecule has 0 saturated carbocycles. The fourth-order valence-electron chi connectivity index (χ4n) is 5.57. The number of carbonyl (C=O) groups is 1. The largest absolute Gasteiger partial charge is 0.479 e. The summed E-state index contributed by atoms with van der Waals surface area (Å²) in [4.78, 5) is 26.4. The van der Waals surface area contributed by atoms with E-state index in [-0.39, 0.29) is 6.04 Å². The zero-order valence-electron chi connectivity index (χ0n) is 22.2. The van der Waals surface area contributed by atoms with Gasteiger partial charge in [0.25, 0.3) is 0 Å². The van der Waals surface area contributed by atoms with Gasteiger partial charge < -0.3 is 29.4 Å². The molecule has 13 nitrogen and oxygen atoms in total. The van der Waals surface area contributed by atoms with E-state index in [0.29, 0.717) is 41.7 Å². The monoisotopic (exact) mass is 547 g/mol. The summed E-state index contributed by atoms with van der Waals surface area (Å²) < 4.78 is 25.3. The van der Waals surface area contributed by atoms with Crippen LogP contribution in [0.3, 0.4) is 0 Å². The van der Waals surface area contributed by atoms with Crippen LogP contribution in [0.4, 0.5) is 5.82 Å². The van der Waals surface area contributed by atoms with E-state index in [4.69, 9.17) is 28.9 Å². The Balaban J connectivity index is 1.36. The minimum Gasteiger partial charge on any atom is -0.479 e. The number of hydrogen-bond donors (Lipinski definition) is 3. The minimum atomic E-state index is -1.20. The lowest BCUT2D eigenvalue weighted by atomic mass is 10.0. The molecular weight excluding hydrogens is 518 g/mol. The highest BCUT2D eigenvalue weighted by molar-refractivity contribution is 5.87. The quantitative estimate of drug-likeness (QED) is 0.326. The molecule has 3 aliphatic heterocycles. The molecule has 3 N–H and O–H groups in total. The Morgan fingerprint density at radius 2 is 1.98 bits per heavy atom. The Morgan fingerprint density at radius 1 is 1.18 bits per heavy atom. The van der Waals surface area contributed by atoms with Crippen molar-refractivity contribution in [2.45, 2.75) is 63.6 Å². The Morgan fingerprint density at radius 3 is 2.73 bits per heavy atom. The van der Waals surface area contributed by atoms with Crippen molar-refractivity contribution in [1.29, 1.82) is 0 Å². The zero-order valence-corrected chi connectivity index (χ0v) is 22.2. The maximum absolute atomic E-state index is 12.0. The molecule has 7 rings (SSSR count). The number of carboxylic acids is 1. The van der Waals surface area contributed by atoms with Gasteiger partial charge in [-0.05, 0) is 32.8 Å². The Hall–Kier alpha value is -3.91. The molecule has 40 heavy (non-hydrogen) atoms. The summed E-state index contributed by atoms with van der Waals surface area (Å²) in [5, 5.41) is 20.7. The number of anilines is 1.